The van der Waals surface area contributed by atoms with Crippen LogP contribution in [0.4, 0.5) is 48.3 Å². The van der Waals surface area contributed by atoms with Gasteiger partial charge in [-0.2, -0.15) is 26.3 Å². The molecule has 3 nitrogen and oxygen atoms in total. The van der Waals surface area contributed by atoms with Crippen LogP contribution in [-0.2, 0) is 20.9 Å². The molecule has 0 spiro atoms. The third kappa shape index (κ3) is 4.04. The molecule has 2 atom stereocenters. The number of benzene rings is 1. The Kier molecular flexibility index (Phi) is 6.58. The van der Waals surface area contributed by atoms with Crippen molar-refractivity contribution in [1.82, 2.24) is 0 Å². The monoisotopic (exact) mass is 520 g/mol. The Morgan fingerprint density at radius 2 is 1.39 bits per heavy atom. The van der Waals surface area contributed by atoms with E-state index in [0.717, 1.165) is 13.8 Å². The number of carbonyl (C=O) groups is 1. The molecule has 2 unspecified atom stereocenters. The molecule has 0 N–H and O–H groups in total. The predicted octanol–water partition coefficient (Wildman–Crippen LogP) is 6.29. The van der Waals surface area contributed by atoms with Crippen LogP contribution in [0.5, 0.6) is 0 Å². The highest BCUT2D eigenvalue weighted by Crippen LogP contribution is 2.75. The molecule has 0 aliphatic heterocycles. The average molecular weight is 521 g/mol. The van der Waals surface area contributed by atoms with Gasteiger partial charge in [0.1, 0.15) is 12.0 Å². The second kappa shape index (κ2) is 8.00. The van der Waals surface area contributed by atoms with Crippen molar-refractivity contribution in [3.8, 4) is 0 Å². The van der Waals surface area contributed by atoms with Crippen LogP contribution in [0.25, 0.3) is 0 Å². The average Bonchev–Trinajstić information content (AvgIpc) is 3.20. The summed E-state index contributed by atoms with van der Waals surface area (Å²) in [7, 11) is 0. The molecule has 1 fully saturated rings. The van der Waals surface area contributed by atoms with Crippen LogP contribution in [0.2, 0.25) is 0 Å². The first-order chi connectivity index (χ1) is 14.7. The zero-order valence-electron chi connectivity index (χ0n) is 16.3. The van der Waals surface area contributed by atoms with E-state index in [-0.39, 0.29) is 0 Å². The third-order valence-electron chi connectivity index (χ3n) is 5.40. The molecule has 0 heterocycles. The van der Waals surface area contributed by atoms with E-state index in [1.54, 1.807) is 0 Å². The number of hydrogen-bond acceptors (Lipinski definition) is 3. The van der Waals surface area contributed by atoms with E-state index in [1.807, 2.05) is 0 Å². The van der Waals surface area contributed by atoms with Crippen LogP contribution in [-0.4, -0.2) is 23.6 Å². The first-order valence-corrected chi connectivity index (χ1v) is 8.92. The lowest BCUT2D eigenvalue weighted by Gasteiger charge is -2.27. The van der Waals surface area contributed by atoms with Gasteiger partial charge in [0.15, 0.2) is 23.3 Å². The molecule has 1 aromatic carbocycles. The van der Waals surface area contributed by atoms with E-state index < -0.39 is 81.6 Å². The summed E-state index contributed by atoms with van der Waals surface area (Å²) in [6.07, 6.45) is -10.6. The Morgan fingerprint density at radius 1 is 0.970 bits per heavy atom. The fraction of sp³-hybridized carbons (Fsp3) is 0.500. The van der Waals surface area contributed by atoms with Crippen molar-refractivity contribution < 1.29 is 62.6 Å². The third-order valence-corrected chi connectivity index (χ3v) is 5.62. The maximum absolute atomic E-state index is 14.4. The summed E-state index contributed by atoms with van der Waals surface area (Å²) in [5.41, 5.74) is -6.37. The van der Waals surface area contributed by atoms with E-state index in [2.05, 4.69) is 27.7 Å². The van der Waals surface area contributed by atoms with Crippen molar-refractivity contribution in [2.24, 2.45) is 16.7 Å². The summed E-state index contributed by atoms with van der Waals surface area (Å²) >= 11 is 4.07. The van der Waals surface area contributed by atoms with Crippen molar-refractivity contribution in [3.05, 3.63) is 47.3 Å². The predicted molar refractivity (Wildman–Crippen MR) is 87.7 cm³/mol. The van der Waals surface area contributed by atoms with Crippen molar-refractivity contribution in [2.75, 3.05) is 0 Å². The summed E-state index contributed by atoms with van der Waals surface area (Å²) in [5.74, 6) is -16.5. The van der Waals surface area contributed by atoms with Crippen LogP contribution in [0.3, 0.4) is 0 Å². The lowest BCUT2D eigenvalue weighted by Crippen LogP contribution is -2.46. The van der Waals surface area contributed by atoms with Crippen molar-refractivity contribution in [1.29, 1.82) is 0 Å². The molecule has 0 radical (unpaired) electrons. The minimum absolute atomic E-state index is 0.465. The van der Waals surface area contributed by atoms with E-state index in [0.29, 0.717) is 6.08 Å². The van der Waals surface area contributed by atoms with Crippen LogP contribution in [0.1, 0.15) is 19.4 Å². The van der Waals surface area contributed by atoms with Gasteiger partial charge in [0, 0.05) is 0 Å². The van der Waals surface area contributed by atoms with Crippen LogP contribution >= 0.6 is 11.6 Å². The van der Waals surface area contributed by atoms with Gasteiger partial charge in [-0.1, -0.05) is 19.9 Å². The van der Waals surface area contributed by atoms with Gasteiger partial charge in [0.25, 0.3) is 0 Å². The Hall–Kier alpha value is -2.09. The lowest BCUT2D eigenvalue weighted by atomic mass is 9.96. The molecule has 186 valence electrons. The summed E-state index contributed by atoms with van der Waals surface area (Å²) in [6.45, 7) is 3.17. The number of esters is 1. The molecule has 1 aliphatic rings. The Balaban J connectivity index is 2.36. The largest absolute Gasteiger partial charge is 0.460 e. The van der Waals surface area contributed by atoms with E-state index in [9.17, 15) is 53.1 Å². The summed E-state index contributed by atoms with van der Waals surface area (Å²) in [5, 5.41) is -5.57. The van der Waals surface area contributed by atoms with Crippen LogP contribution in [0, 0.1) is 45.8 Å². The van der Waals surface area contributed by atoms with E-state index in [1.165, 1.54) is 0 Å². The molecule has 1 saturated carbocycles. The highest BCUT2D eigenvalue weighted by atomic mass is 35.5. The molecule has 1 aromatic rings. The van der Waals surface area contributed by atoms with E-state index in [4.69, 9.17) is 0 Å². The summed E-state index contributed by atoms with van der Waals surface area (Å²) < 4.78 is 155. The van der Waals surface area contributed by atoms with Gasteiger partial charge in [-0.15, -0.1) is 6.58 Å². The fourth-order valence-electron chi connectivity index (χ4n) is 3.65. The minimum Gasteiger partial charge on any atom is -0.460 e. The number of rotatable bonds is 8. The smallest absolute Gasteiger partial charge is 0.439 e. The number of halogens is 12. The molecule has 0 aromatic heterocycles. The lowest BCUT2D eigenvalue weighted by molar-refractivity contribution is -0.422. The number of alkyl halides is 7. The first kappa shape index (κ1) is 27.2. The molecule has 2 rings (SSSR count). The van der Waals surface area contributed by atoms with Crippen molar-refractivity contribution in [2.45, 2.75) is 38.1 Å². The highest BCUT2D eigenvalue weighted by Gasteiger charge is 2.84. The maximum Gasteiger partial charge on any atom is 0.439 e. The second-order valence-electron chi connectivity index (χ2n) is 7.53. The molecule has 15 heteroatoms. The fourth-order valence-corrected chi connectivity index (χ4v) is 3.69. The van der Waals surface area contributed by atoms with Gasteiger partial charge in [0.2, 0.25) is 5.82 Å². The molecule has 0 saturated heterocycles. The first-order valence-electron chi connectivity index (χ1n) is 8.54. The zero-order valence-corrected chi connectivity index (χ0v) is 17.1. The van der Waals surface area contributed by atoms with Crippen LogP contribution < -0.4 is 0 Å². The SMILES string of the molecule is C=CC1(C(=O)OCc2c(F)c(F)c(F)c(F)c2F)C(C(F)(F)OC(F)(F)C(F)(F)Cl)C1(C)C. The van der Waals surface area contributed by atoms with Crippen molar-refractivity contribution >= 4 is 17.6 Å². The zero-order chi connectivity index (χ0) is 25.9. The Bertz CT molecular complexity index is 961. The van der Waals surface area contributed by atoms with Gasteiger partial charge in [-0.25, -0.2) is 26.7 Å². The Labute approximate surface area is 183 Å². The second-order valence-corrected chi connectivity index (χ2v) is 8.01. The quantitative estimate of drug-likeness (QED) is 0.101. The molecule has 33 heavy (non-hydrogen) atoms. The normalized spacial score (nSPS) is 22.8. The van der Waals surface area contributed by atoms with Gasteiger partial charge >= 0.3 is 23.6 Å². The number of hydrogen-bond donors (Lipinski definition) is 0. The molecule has 0 bridgehead atoms. The Morgan fingerprint density at radius 3 is 1.79 bits per heavy atom. The van der Waals surface area contributed by atoms with Gasteiger partial charge < -0.3 is 4.74 Å². The standard InChI is InChI=1S/C18H12ClF11O3/c1-4-15(12(14(15,2)3)16(25,26)33-18(29,30)17(19,27)28)13(31)32-5-6-7(20)9(22)11(24)10(23)8(6)21/h4,12H,1,5H2,2-3H3. The maximum atomic E-state index is 14.4. The van der Waals surface area contributed by atoms with E-state index >= 15 is 0 Å². The summed E-state index contributed by atoms with van der Waals surface area (Å²) in [4.78, 5) is 12.5. The highest BCUT2D eigenvalue weighted by molar-refractivity contribution is 6.22. The molecule has 0 amide bonds. The number of ether oxygens (including phenoxy) is 2. The van der Waals surface area contributed by atoms with Gasteiger partial charge in [-0.3, -0.25) is 4.79 Å². The molecule has 1 aliphatic carbocycles. The summed E-state index contributed by atoms with van der Waals surface area (Å²) in [6, 6.07) is 0. The minimum atomic E-state index is -5.90. The topological polar surface area (TPSA) is 35.5 Å². The molecular formula is C18H12ClF11O3. The van der Waals surface area contributed by atoms with Crippen LogP contribution in [0.15, 0.2) is 12.7 Å². The molecular weight excluding hydrogens is 509 g/mol. The number of carbonyl (C=O) groups excluding carboxylic acids is 1. The van der Waals surface area contributed by atoms with Gasteiger partial charge in [0.05, 0.1) is 11.5 Å². The van der Waals surface area contributed by atoms with Gasteiger partial charge in [-0.05, 0) is 17.0 Å². The van der Waals surface area contributed by atoms with Crippen molar-refractivity contribution in [3.63, 3.8) is 0 Å².